The van der Waals surface area contributed by atoms with Crippen LogP contribution in [0.2, 0.25) is 0 Å². The van der Waals surface area contributed by atoms with Gasteiger partial charge in [-0.1, -0.05) is 19.1 Å². The van der Waals surface area contributed by atoms with E-state index in [2.05, 4.69) is 20.5 Å². The first-order chi connectivity index (χ1) is 11.3. The van der Waals surface area contributed by atoms with Crippen molar-refractivity contribution in [3.63, 3.8) is 0 Å². The number of hydrogen-bond donors (Lipinski definition) is 2. The summed E-state index contributed by atoms with van der Waals surface area (Å²) in [4.78, 5) is 16.3. The average Bonchev–Trinajstić information content (AvgIpc) is 3.06. The summed E-state index contributed by atoms with van der Waals surface area (Å²) in [5.74, 6) is 0.0566. The molecule has 2 N–H and O–H groups in total. The van der Waals surface area contributed by atoms with Gasteiger partial charge in [-0.15, -0.1) is 0 Å². The van der Waals surface area contributed by atoms with E-state index < -0.39 is 11.7 Å². The Labute approximate surface area is 137 Å². The number of hydrogen-bond acceptors (Lipinski definition) is 3. The fraction of sp³-hybridized carbons (Fsp3) is 0.438. The van der Waals surface area contributed by atoms with Crippen LogP contribution >= 0.6 is 0 Å². The van der Waals surface area contributed by atoms with E-state index in [9.17, 15) is 18.0 Å². The maximum absolute atomic E-state index is 12.6. The van der Waals surface area contributed by atoms with Gasteiger partial charge in [0.15, 0.2) is 0 Å². The number of carbonyl (C=O) groups excluding carboxylic acids is 1. The quantitative estimate of drug-likeness (QED) is 0.848. The lowest BCUT2D eigenvalue weighted by Gasteiger charge is -2.18. The summed E-state index contributed by atoms with van der Waals surface area (Å²) in [7, 11) is 0. The van der Waals surface area contributed by atoms with Crippen molar-refractivity contribution < 1.29 is 18.0 Å². The molecule has 1 amide bonds. The molecule has 0 fully saturated rings. The van der Waals surface area contributed by atoms with Gasteiger partial charge in [-0.05, 0) is 37.5 Å². The zero-order chi connectivity index (χ0) is 17.7. The third kappa shape index (κ3) is 4.56. The van der Waals surface area contributed by atoms with Crippen molar-refractivity contribution in [2.45, 2.75) is 38.9 Å². The van der Waals surface area contributed by atoms with E-state index in [0.29, 0.717) is 24.2 Å². The molecule has 0 saturated carbocycles. The van der Waals surface area contributed by atoms with Crippen molar-refractivity contribution in [2.24, 2.45) is 5.92 Å². The van der Waals surface area contributed by atoms with Crippen LogP contribution in [-0.2, 0) is 17.4 Å². The topological polar surface area (TPSA) is 70.7 Å². The molecule has 0 radical (unpaired) electrons. The van der Waals surface area contributed by atoms with Crippen LogP contribution < -0.4 is 5.32 Å². The summed E-state index contributed by atoms with van der Waals surface area (Å²) in [6, 6.07) is 4.59. The van der Waals surface area contributed by atoms with Crippen molar-refractivity contribution in [3.8, 4) is 0 Å². The molecular formula is C16H19F3N4O. The molecule has 0 bridgehead atoms. The number of aromatic amines is 1. The first kappa shape index (κ1) is 18.0. The maximum atomic E-state index is 12.6. The van der Waals surface area contributed by atoms with E-state index in [4.69, 9.17) is 0 Å². The number of halogens is 3. The fourth-order valence-electron chi connectivity index (χ4n) is 2.36. The first-order valence-electron chi connectivity index (χ1n) is 7.63. The summed E-state index contributed by atoms with van der Waals surface area (Å²) in [5, 5.41) is 9.26. The van der Waals surface area contributed by atoms with Crippen LogP contribution in [0.5, 0.6) is 0 Å². The van der Waals surface area contributed by atoms with Crippen molar-refractivity contribution in [3.05, 3.63) is 47.5 Å². The summed E-state index contributed by atoms with van der Waals surface area (Å²) in [6.07, 6.45) is -2.04. The number of carbonyl (C=O) groups is 1. The van der Waals surface area contributed by atoms with Crippen LogP contribution in [0.25, 0.3) is 0 Å². The number of alkyl halides is 3. The lowest BCUT2D eigenvalue weighted by molar-refractivity contribution is -0.137. The maximum Gasteiger partial charge on any atom is 0.416 e. The smallest absolute Gasteiger partial charge is 0.346 e. The molecule has 0 saturated heterocycles. The molecule has 0 aliphatic heterocycles. The number of aromatic nitrogens is 3. The number of rotatable bonds is 6. The van der Waals surface area contributed by atoms with Gasteiger partial charge < -0.3 is 5.32 Å². The average molecular weight is 340 g/mol. The third-order valence-corrected chi connectivity index (χ3v) is 3.83. The second kappa shape index (κ2) is 7.46. The highest BCUT2D eigenvalue weighted by molar-refractivity contribution is 5.79. The van der Waals surface area contributed by atoms with E-state index in [1.807, 2.05) is 6.92 Å². The normalized spacial score (nSPS) is 14.2. The Morgan fingerprint density at radius 3 is 2.46 bits per heavy atom. The second-order valence-electron chi connectivity index (χ2n) is 5.60. The van der Waals surface area contributed by atoms with Crippen LogP contribution in [0.4, 0.5) is 13.2 Å². The summed E-state index contributed by atoms with van der Waals surface area (Å²) in [5.41, 5.74) is 0.00000918. The lowest BCUT2D eigenvalue weighted by atomic mass is 9.95. The molecule has 24 heavy (non-hydrogen) atoms. The molecule has 1 aromatic carbocycles. The highest BCUT2D eigenvalue weighted by Gasteiger charge is 2.30. The van der Waals surface area contributed by atoms with E-state index in [-0.39, 0.29) is 17.9 Å². The molecule has 0 aliphatic rings. The Hall–Kier alpha value is -2.38. The second-order valence-corrected chi connectivity index (χ2v) is 5.60. The lowest BCUT2D eigenvalue weighted by Crippen LogP contribution is -2.34. The number of nitrogens with one attached hydrogen (secondary N) is 2. The minimum Gasteiger partial charge on any atom is -0.346 e. The van der Waals surface area contributed by atoms with Gasteiger partial charge in [-0.2, -0.15) is 18.3 Å². The Morgan fingerprint density at radius 2 is 1.96 bits per heavy atom. The van der Waals surface area contributed by atoms with Crippen LogP contribution in [-0.4, -0.2) is 21.1 Å². The molecule has 1 heterocycles. The Bertz CT molecular complexity index is 653. The Kier molecular flexibility index (Phi) is 5.58. The highest BCUT2D eigenvalue weighted by Crippen LogP contribution is 2.29. The Balaban J connectivity index is 1.99. The predicted molar refractivity (Wildman–Crippen MR) is 81.9 cm³/mol. The molecule has 0 aliphatic carbocycles. The largest absolute Gasteiger partial charge is 0.416 e. The standard InChI is InChI=1S/C16H19F3N4O/c1-3-12(15(24)22-10(2)14-20-9-21-23-14)8-11-4-6-13(7-5-11)16(17,18)19/h4-7,9-10,12H,3,8H2,1-2H3,(H,22,24)(H,20,21,23)/t10-,12-/m1/s1. The van der Waals surface area contributed by atoms with Crippen LogP contribution in [0.3, 0.4) is 0 Å². The van der Waals surface area contributed by atoms with Crippen LogP contribution in [0, 0.1) is 5.92 Å². The van der Waals surface area contributed by atoms with E-state index in [1.165, 1.54) is 18.5 Å². The molecule has 2 atom stereocenters. The van der Waals surface area contributed by atoms with Gasteiger partial charge in [0.25, 0.3) is 0 Å². The van der Waals surface area contributed by atoms with E-state index in [0.717, 1.165) is 12.1 Å². The minimum absolute atomic E-state index is 0.165. The number of amides is 1. The summed E-state index contributed by atoms with van der Waals surface area (Å²) in [6.45, 7) is 3.65. The number of benzene rings is 1. The first-order valence-corrected chi connectivity index (χ1v) is 7.63. The van der Waals surface area contributed by atoms with Gasteiger partial charge >= 0.3 is 6.18 Å². The predicted octanol–water partition coefficient (Wildman–Crippen LogP) is 3.27. The molecule has 1 aromatic heterocycles. The van der Waals surface area contributed by atoms with Gasteiger partial charge in [0.05, 0.1) is 11.6 Å². The van der Waals surface area contributed by atoms with Gasteiger partial charge in [-0.25, -0.2) is 4.98 Å². The van der Waals surface area contributed by atoms with Crippen LogP contribution in [0.1, 0.15) is 43.3 Å². The minimum atomic E-state index is -4.35. The molecular weight excluding hydrogens is 321 g/mol. The summed E-state index contributed by atoms with van der Waals surface area (Å²) >= 11 is 0. The molecule has 0 unspecified atom stereocenters. The number of nitrogens with zero attached hydrogens (tertiary/aromatic N) is 2. The van der Waals surface area contributed by atoms with E-state index >= 15 is 0 Å². The molecule has 130 valence electrons. The fourth-order valence-corrected chi connectivity index (χ4v) is 2.36. The highest BCUT2D eigenvalue weighted by atomic mass is 19.4. The molecule has 5 nitrogen and oxygen atoms in total. The van der Waals surface area contributed by atoms with Gasteiger partial charge in [0.2, 0.25) is 5.91 Å². The van der Waals surface area contributed by atoms with Crippen molar-refractivity contribution in [1.82, 2.24) is 20.5 Å². The van der Waals surface area contributed by atoms with Gasteiger partial charge in [0.1, 0.15) is 12.2 Å². The Morgan fingerprint density at radius 1 is 1.29 bits per heavy atom. The van der Waals surface area contributed by atoms with Crippen molar-refractivity contribution in [1.29, 1.82) is 0 Å². The SMILES string of the molecule is CC[C@H](Cc1ccc(C(F)(F)F)cc1)C(=O)N[C@H](C)c1ncn[nH]1. The van der Waals surface area contributed by atoms with E-state index in [1.54, 1.807) is 6.92 Å². The zero-order valence-corrected chi connectivity index (χ0v) is 13.4. The number of H-pyrrole nitrogens is 1. The molecule has 0 spiro atoms. The molecule has 8 heteroatoms. The molecule has 2 rings (SSSR count). The van der Waals surface area contributed by atoms with Crippen LogP contribution in [0.15, 0.2) is 30.6 Å². The summed E-state index contributed by atoms with van der Waals surface area (Å²) < 4.78 is 37.7. The van der Waals surface area contributed by atoms with Crippen molar-refractivity contribution >= 4 is 5.91 Å². The van der Waals surface area contributed by atoms with Gasteiger partial charge in [-0.3, -0.25) is 9.89 Å². The zero-order valence-electron chi connectivity index (χ0n) is 13.4. The van der Waals surface area contributed by atoms with Crippen molar-refractivity contribution in [2.75, 3.05) is 0 Å². The monoisotopic (exact) mass is 340 g/mol. The van der Waals surface area contributed by atoms with Gasteiger partial charge in [0, 0.05) is 5.92 Å². The molecule has 2 aromatic rings. The third-order valence-electron chi connectivity index (χ3n) is 3.83.